The van der Waals surface area contributed by atoms with Gasteiger partial charge < -0.3 is 19.7 Å². The molecule has 0 amide bonds. The quantitative estimate of drug-likeness (QED) is 0.853. The number of nitrogens with zero attached hydrogens (tertiary/aromatic N) is 2. The molecule has 0 bridgehead atoms. The van der Waals surface area contributed by atoms with Gasteiger partial charge in [0.05, 0.1) is 19.8 Å². The highest BCUT2D eigenvalue weighted by molar-refractivity contribution is 5.65. The van der Waals surface area contributed by atoms with E-state index in [0.29, 0.717) is 36.2 Å². The fourth-order valence-electron chi connectivity index (χ4n) is 1.70. The van der Waals surface area contributed by atoms with Gasteiger partial charge in [0.15, 0.2) is 0 Å². The average molecular weight is 263 g/mol. The Morgan fingerprint density at radius 2 is 2.11 bits per heavy atom. The minimum Gasteiger partial charge on any atom is -0.497 e. The number of methoxy groups -OCH3 is 2. The first-order chi connectivity index (χ1) is 9.28. The third kappa shape index (κ3) is 3.03. The zero-order valence-corrected chi connectivity index (χ0v) is 11.0. The summed E-state index contributed by atoms with van der Waals surface area (Å²) in [5, 5.41) is 3.96. The van der Waals surface area contributed by atoms with Crippen LogP contribution in [0.1, 0.15) is 12.3 Å². The number of rotatable bonds is 6. The van der Waals surface area contributed by atoms with Crippen molar-refractivity contribution >= 4 is 0 Å². The Kier molecular flexibility index (Phi) is 4.35. The summed E-state index contributed by atoms with van der Waals surface area (Å²) in [7, 11) is 3.20. The topological polar surface area (TPSA) is 83.4 Å². The predicted octanol–water partition coefficient (Wildman–Crippen LogP) is 1.65. The Balaban J connectivity index is 2.27. The van der Waals surface area contributed by atoms with Gasteiger partial charge >= 0.3 is 0 Å². The van der Waals surface area contributed by atoms with Crippen molar-refractivity contribution in [1.29, 1.82) is 0 Å². The normalized spacial score (nSPS) is 10.5. The summed E-state index contributed by atoms with van der Waals surface area (Å²) < 4.78 is 15.6. The SMILES string of the molecule is COc1ccc(-c2noc(CCCN)n2)c(OC)c1. The second kappa shape index (κ2) is 6.19. The van der Waals surface area contributed by atoms with Gasteiger partial charge in [-0.15, -0.1) is 0 Å². The van der Waals surface area contributed by atoms with E-state index in [1.165, 1.54) is 0 Å². The Labute approximate surface area is 111 Å². The van der Waals surface area contributed by atoms with Crippen LogP contribution in [-0.4, -0.2) is 30.9 Å². The van der Waals surface area contributed by atoms with E-state index in [4.69, 9.17) is 19.7 Å². The van der Waals surface area contributed by atoms with E-state index in [0.717, 1.165) is 12.0 Å². The molecule has 19 heavy (non-hydrogen) atoms. The van der Waals surface area contributed by atoms with Crippen LogP contribution in [0.3, 0.4) is 0 Å². The van der Waals surface area contributed by atoms with Gasteiger partial charge in [0.1, 0.15) is 11.5 Å². The van der Waals surface area contributed by atoms with Crippen molar-refractivity contribution in [2.75, 3.05) is 20.8 Å². The standard InChI is InChI=1S/C13H17N3O3/c1-17-9-5-6-10(11(8-9)18-2)13-15-12(19-16-13)4-3-7-14/h5-6,8H,3-4,7,14H2,1-2H3. The van der Waals surface area contributed by atoms with Gasteiger partial charge in [-0.2, -0.15) is 4.98 Å². The third-order valence-corrected chi connectivity index (χ3v) is 2.71. The highest BCUT2D eigenvalue weighted by Gasteiger charge is 2.13. The molecule has 6 heteroatoms. The van der Waals surface area contributed by atoms with Crippen molar-refractivity contribution in [1.82, 2.24) is 10.1 Å². The van der Waals surface area contributed by atoms with Crippen molar-refractivity contribution in [2.45, 2.75) is 12.8 Å². The first-order valence-corrected chi connectivity index (χ1v) is 6.03. The van der Waals surface area contributed by atoms with Gasteiger partial charge in [0.2, 0.25) is 11.7 Å². The molecule has 102 valence electrons. The summed E-state index contributed by atoms with van der Waals surface area (Å²) >= 11 is 0. The van der Waals surface area contributed by atoms with Crippen LogP contribution in [0.5, 0.6) is 11.5 Å². The van der Waals surface area contributed by atoms with Crippen molar-refractivity contribution < 1.29 is 14.0 Å². The maximum Gasteiger partial charge on any atom is 0.227 e. The largest absolute Gasteiger partial charge is 0.497 e. The molecule has 0 atom stereocenters. The van der Waals surface area contributed by atoms with Crippen molar-refractivity contribution in [3.05, 3.63) is 24.1 Å². The molecule has 2 aromatic rings. The maximum absolute atomic E-state index is 5.45. The summed E-state index contributed by atoms with van der Waals surface area (Å²) in [4.78, 5) is 4.33. The van der Waals surface area contributed by atoms with E-state index < -0.39 is 0 Å². The van der Waals surface area contributed by atoms with Crippen molar-refractivity contribution in [3.8, 4) is 22.9 Å². The highest BCUT2D eigenvalue weighted by Crippen LogP contribution is 2.31. The van der Waals surface area contributed by atoms with Crippen LogP contribution in [0.25, 0.3) is 11.4 Å². The molecule has 0 aliphatic rings. The summed E-state index contributed by atoms with van der Waals surface area (Å²) in [6.45, 7) is 0.601. The monoisotopic (exact) mass is 263 g/mol. The second-order valence-electron chi connectivity index (χ2n) is 3.97. The number of ether oxygens (including phenoxy) is 2. The molecule has 0 aliphatic heterocycles. The molecule has 0 saturated heterocycles. The van der Waals surface area contributed by atoms with E-state index in [1.54, 1.807) is 20.3 Å². The van der Waals surface area contributed by atoms with E-state index in [2.05, 4.69) is 10.1 Å². The zero-order valence-electron chi connectivity index (χ0n) is 11.0. The summed E-state index contributed by atoms with van der Waals surface area (Å²) in [5.41, 5.74) is 6.22. The Morgan fingerprint density at radius 3 is 2.79 bits per heavy atom. The van der Waals surface area contributed by atoms with Gasteiger partial charge in [0, 0.05) is 12.5 Å². The molecule has 1 aromatic carbocycles. The van der Waals surface area contributed by atoms with Crippen LogP contribution < -0.4 is 15.2 Å². The fourth-order valence-corrected chi connectivity index (χ4v) is 1.70. The lowest BCUT2D eigenvalue weighted by Crippen LogP contribution is -2.00. The minimum absolute atomic E-state index is 0.506. The molecule has 0 radical (unpaired) electrons. The number of aryl methyl sites for hydroxylation is 1. The second-order valence-corrected chi connectivity index (χ2v) is 3.97. The lowest BCUT2D eigenvalue weighted by Gasteiger charge is -2.07. The van der Waals surface area contributed by atoms with Crippen LogP contribution in [0.4, 0.5) is 0 Å². The molecule has 2 N–H and O–H groups in total. The fraction of sp³-hybridized carbons (Fsp3) is 0.385. The molecule has 0 fully saturated rings. The van der Waals surface area contributed by atoms with Crippen molar-refractivity contribution in [3.63, 3.8) is 0 Å². The zero-order chi connectivity index (χ0) is 13.7. The predicted molar refractivity (Wildman–Crippen MR) is 70.2 cm³/mol. The molecule has 0 spiro atoms. The molecular formula is C13H17N3O3. The van der Waals surface area contributed by atoms with Crippen LogP contribution in [0, 0.1) is 0 Å². The van der Waals surface area contributed by atoms with E-state index in [-0.39, 0.29) is 0 Å². The summed E-state index contributed by atoms with van der Waals surface area (Å²) in [6, 6.07) is 5.45. The van der Waals surface area contributed by atoms with Gasteiger partial charge in [-0.3, -0.25) is 0 Å². The van der Waals surface area contributed by atoms with Gasteiger partial charge in [-0.05, 0) is 25.1 Å². The van der Waals surface area contributed by atoms with Gasteiger partial charge in [-0.1, -0.05) is 5.16 Å². The molecular weight excluding hydrogens is 246 g/mol. The lowest BCUT2D eigenvalue weighted by molar-refractivity contribution is 0.375. The number of benzene rings is 1. The van der Waals surface area contributed by atoms with E-state index in [1.807, 2.05) is 12.1 Å². The van der Waals surface area contributed by atoms with Crippen LogP contribution in [0.2, 0.25) is 0 Å². The third-order valence-electron chi connectivity index (χ3n) is 2.71. The van der Waals surface area contributed by atoms with Gasteiger partial charge in [0.25, 0.3) is 0 Å². The molecule has 0 unspecified atom stereocenters. The maximum atomic E-state index is 5.45. The number of hydrogen-bond donors (Lipinski definition) is 1. The summed E-state index contributed by atoms with van der Waals surface area (Å²) in [5.74, 6) is 2.45. The average Bonchev–Trinajstić information content (AvgIpc) is 2.92. The molecule has 0 saturated carbocycles. The molecule has 2 rings (SSSR count). The van der Waals surface area contributed by atoms with Crippen LogP contribution in [-0.2, 0) is 6.42 Å². The van der Waals surface area contributed by atoms with Crippen LogP contribution >= 0.6 is 0 Å². The first-order valence-electron chi connectivity index (χ1n) is 6.03. The van der Waals surface area contributed by atoms with E-state index in [9.17, 15) is 0 Å². The Bertz CT molecular complexity index is 540. The Hall–Kier alpha value is -2.08. The van der Waals surface area contributed by atoms with Gasteiger partial charge in [-0.25, -0.2) is 0 Å². The number of nitrogens with two attached hydrogens (primary N) is 1. The Morgan fingerprint density at radius 1 is 1.26 bits per heavy atom. The smallest absolute Gasteiger partial charge is 0.227 e. The van der Waals surface area contributed by atoms with Crippen LogP contribution in [0.15, 0.2) is 22.7 Å². The summed E-state index contributed by atoms with van der Waals surface area (Å²) in [6.07, 6.45) is 1.50. The minimum atomic E-state index is 0.506. The molecule has 0 aliphatic carbocycles. The first kappa shape index (κ1) is 13.4. The number of hydrogen-bond acceptors (Lipinski definition) is 6. The molecule has 1 aromatic heterocycles. The van der Waals surface area contributed by atoms with Crippen molar-refractivity contribution in [2.24, 2.45) is 5.73 Å². The lowest BCUT2D eigenvalue weighted by atomic mass is 10.2. The molecule has 1 heterocycles. The number of aromatic nitrogens is 2. The highest BCUT2D eigenvalue weighted by atomic mass is 16.5. The molecule has 6 nitrogen and oxygen atoms in total. The van der Waals surface area contributed by atoms with E-state index >= 15 is 0 Å².